The van der Waals surface area contributed by atoms with Crippen molar-refractivity contribution in [3.05, 3.63) is 35.4 Å². The molecule has 0 saturated heterocycles. The van der Waals surface area contributed by atoms with Gasteiger partial charge in [0, 0.05) is 23.3 Å². The Hall–Kier alpha value is -3.62. The molecular weight excluding hydrogens is 408 g/mol. The molecule has 0 aromatic heterocycles. The van der Waals surface area contributed by atoms with Crippen LogP contribution in [0.3, 0.4) is 0 Å². The van der Waals surface area contributed by atoms with E-state index in [0.29, 0.717) is 0 Å². The van der Waals surface area contributed by atoms with Gasteiger partial charge in [-0.1, -0.05) is 24.3 Å². The van der Waals surface area contributed by atoms with E-state index in [0.717, 1.165) is 6.92 Å². The van der Waals surface area contributed by atoms with Crippen molar-refractivity contribution < 1.29 is 43.2 Å². The SMILES string of the molecule is CCOC(=O)c1c(C(C(=O)OCC)C(=O)OCC)c(OC(C)=O)c2ccccc2c1O. The van der Waals surface area contributed by atoms with Crippen LogP contribution >= 0.6 is 0 Å². The Morgan fingerprint density at radius 1 is 0.871 bits per heavy atom. The molecule has 2 aromatic rings. The van der Waals surface area contributed by atoms with Gasteiger partial charge in [-0.05, 0) is 20.8 Å². The number of ether oxygens (including phenoxy) is 4. The smallest absolute Gasteiger partial charge is 0.342 e. The highest BCUT2D eigenvalue weighted by Crippen LogP contribution is 2.45. The van der Waals surface area contributed by atoms with Crippen LogP contribution in [0.1, 0.15) is 49.5 Å². The van der Waals surface area contributed by atoms with Crippen LogP contribution in [0.25, 0.3) is 10.8 Å². The molecule has 31 heavy (non-hydrogen) atoms. The molecule has 166 valence electrons. The van der Waals surface area contributed by atoms with Gasteiger partial charge >= 0.3 is 23.9 Å². The highest BCUT2D eigenvalue weighted by molar-refractivity contribution is 6.12. The summed E-state index contributed by atoms with van der Waals surface area (Å²) in [4.78, 5) is 50.2. The fourth-order valence-electron chi connectivity index (χ4n) is 3.13. The van der Waals surface area contributed by atoms with Gasteiger partial charge in [-0.3, -0.25) is 14.4 Å². The first kappa shape index (κ1) is 23.7. The Bertz CT molecular complexity index is 992. The molecule has 0 radical (unpaired) electrons. The van der Waals surface area contributed by atoms with Crippen molar-refractivity contribution in [2.75, 3.05) is 19.8 Å². The number of hydrogen-bond acceptors (Lipinski definition) is 9. The Morgan fingerprint density at radius 2 is 1.39 bits per heavy atom. The van der Waals surface area contributed by atoms with Crippen LogP contribution in [0.2, 0.25) is 0 Å². The minimum Gasteiger partial charge on any atom is -0.506 e. The normalized spacial score (nSPS) is 10.6. The molecule has 9 heteroatoms. The van der Waals surface area contributed by atoms with Gasteiger partial charge < -0.3 is 24.1 Å². The quantitative estimate of drug-likeness (QED) is 0.290. The number of benzene rings is 2. The summed E-state index contributed by atoms with van der Waals surface area (Å²) in [6.45, 7) is 5.58. The number of aromatic hydroxyl groups is 1. The minimum atomic E-state index is -1.80. The highest BCUT2D eigenvalue weighted by atomic mass is 16.6. The lowest BCUT2D eigenvalue weighted by Crippen LogP contribution is -2.29. The van der Waals surface area contributed by atoms with Crippen molar-refractivity contribution in [1.29, 1.82) is 0 Å². The van der Waals surface area contributed by atoms with Crippen LogP contribution in [0.4, 0.5) is 0 Å². The molecule has 0 spiro atoms. The predicted molar refractivity (Wildman–Crippen MR) is 109 cm³/mol. The van der Waals surface area contributed by atoms with Crippen molar-refractivity contribution in [2.45, 2.75) is 33.6 Å². The molecule has 0 amide bonds. The zero-order chi connectivity index (χ0) is 23.1. The summed E-state index contributed by atoms with van der Waals surface area (Å²) in [6, 6.07) is 6.21. The maximum Gasteiger partial charge on any atom is 0.342 e. The molecule has 0 aliphatic heterocycles. The van der Waals surface area contributed by atoms with Gasteiger partial charge in [0.2, 0.25) is 0 Å². The number of hydrogen-bond donors (Lipinski definition) is 1. The van der Waals surface area contributed by atoms with Crippen LogP contribution in [0.5, 0.6) is 11.5 Å². The maximum absolute atomic E-state index is 12.8. The molecule has 0 unspecified atom stereocenters. The van der Waals surface area contributed by atoms with E-state index in [1.165, 1.54) is 26.0 Å². The van der Waals surface area contributed by atoms with E-state index in [-0.39, 0.29) is 41.9 Å². The van der Waals surface area contributed by atoms with Crippen LogP contribution in [0, 0.1) is 0 Å². The Morgan fingerprint density at radius 3 is 1.87 bits per heavy atom. The number of carbonyl (C=O) groups excluding carboxylic acids is 4. The molecule has 0 atom stereocenters. The lowest BCUT2D eigenvalue weighted by atomic mass is 9.88. The standard InChI is InChI=1S/C22H24O9/c1-5-28-20(25)16-15(17(21(26)29-6-2)22(27)30-7-3)19(31-12(4)23)14-11-9-8-10-13(14)18(16)24/h8-11,17,24H,5-7H2,1-4H3. The largest absolute Gasteiger partial charge is 0.506 e. The van der Waals surface area contributed by atoms with E-state index in [1.807, 2.05) is 0 Å². The van der Waals surface area contributed by atoms with Crippen LogP contribution in [-0.4, -0.2) is 48.8 Å². The number of fused-ring (bicyclic) bond motifs is 1. The second-order valence-corrected chi connectivity index (χ2v) is 6.26. The third kappa shape index (κ3) is 4.93. The van der Waals surface area contributed by atoms with Gasteiger partial charge in [0.25, 0.3) is 0 Å². The molecule has 0 aliphatic carbocycles. The summed E-state index contributed by atoms with van der Waals surface area (Å²) in [7, 11) is 0. The number of phenolic OH excluding ortho intramolecular Hbond substituents is 1. The van der Waals surface area contributed by atoms with Crippen molar-refractivity contribution in [1.82, 2.24) is 0 Å². The number of esters is 4. The van der Waals surface area contributed by atoms with E-state index >= 15 is 0 Å². The third-order valence-corrected chi connectivity index (χ3v) is 4.24. The van der Waals surface area contributed by atoms with Gasteiger partial charge in [-0.2, -0.15) is 0 Å². The van der Waals surface area contributed by atoms with Crippen LogP contribution < -0.4 is 4.74 Å². The molecule has 0 fully saturated rings. The Labute approximate surface area is 178 Å². The molecule has 9 nitrogen and oxygen atoms in total. The summed E-state index contributed by atoms with van der Waals surface area (Å²) >= 11 is 0. The monoisotopic (exact) mass is 432 g/mol. The molecular formula is C22H24O9. The zero-order valence-corrected chi connectivity index (χ0v) is 17.7. The Kier molecular flexibility index (Phi) is 7.95. The molecule has 2 rings (SSSR count). The average Bonchev–Trinajstić information content (AvgIpc) is 2.71. The molecule has 0 bridgehead atoms. The van der Waals surface area contributed by atoms with Gasteiger partial charge in [-0.15, -0.1) is 0 Å². The van der Waals surface area contributed by atoms with E-state index in [2.05, 4.69) is 0 Å². The molecule has 1 N–H and O–H groups in total. The van der Waals surface area contributed by atoms with Crippen LogP contribution in [0.15, 0.2) is 24.3 Å². The number of carbonyl (C=O) groups is 4. The van der Waals surface area contributed by atoms with Crippen molar-refractivity contribution in [3.8, 4) is 11.5 Å². The van der Waals surface area contributed by atoms with Gasteiger partial charge in [0.1, 0.15) is 17.1 Å². The fourth-order valence-corrected chi connectivity index (χ4v) is 3.13. The van der Waals surface area contributed by atoms with Crippen molar-refractivity contribution in [2.24, 2.45) is 0 Å². The van der Waals surface area contributed by atoms with Gasteiger partial charge in [0.15, 0.2) is 5.92 Å². The maximum atomic E-state index is 12.8. The molecule has 0 heterocycles. The minimum absolute atomic E-state index is 0.0447. The summed E-state index contributed by atoms with van der Waals surface area (Å²) in [5.41, 5.74) is -0.843. The average molecular weight is 432 g/mol. The second-order valence-electron chi connectivity index (χ2n) is 6.26. The summed E-state index contributed by atoms with van der Waals surface area (Å²) < 4.78 is 20.4. The van der Waals surface area contributed by atoms with Crippen LogP contribution in [-0.2, 0) is 28.6 Å². The fraction of sp³-hybridized carbons (Fsp3) is 0.364. The molecule has 0 saturated carbocycles. The number of phenols is 1. The highest BCUT2D eigenvalue weighted by Gasteiger charge is 2.41. The second kappa shape index (κ2) is 10.4. The van der Waals surface area contributed by atoms with Gasteiger partial charge in [0.05, 0.1) is 19.8 Å². The van der Waals surface area contributed by atoms with E-state index < -0.39 is 41.1 Å². The van der Waals surface area contributed by atoms with Crippen molar-refractivity contribution in [3.63, 3.8) is 0 Å². The zero-order valence-electron chi connectivity index (χ0n) is 17.7. The Balaban J connectivity index is 3.03. The summed E-state index contributed by atoms with van der Waals surface area (Å²) in [5, 5.41) is 11.3. The summed E-state index contributed by atoms with van der Waals surface area (Å²) in [5.74, 6) is -6.41. The van der Waals surface area contributed by atoms with Gasteiger partial charge in [-0.25, -0.2) is 4.79 Å². The van der Waals surface area contributed by atoms with E-state index in [9.17, 15) is 24.3 Å². The van der Waals surface area contributed by atoms with Crippen molar-refractivity contribution >= 4 is 34.6 Å². The van der Waals surface area contributed by atoms with E-state index in [4.69, 9.17) is 18.9 Å². The molecule has 0 aliphatic rings. The first-order valence-corrected chi connectivity index (χ1v) is 9.74. The lowest BCUT2D eigenvalue weighted by Gasteiger charge is -2.22. The van der Waals surface area contributed by atoms with E-state index in [1.54, 1.807) is 19.1 Å². The summed E-state index contributed by atoms with van der Waals surface area (Å²) in [6.07, 6.45) is 0. The predicted octanol–water partition coefficient (Wildman–Crippen LogP) is 2.86. The first-order chi connectivity index (χ1) is 14.8. The molecule has 2 aromatic carbocycles. The first-order valence-electron chi connectivity index (χ1n) is 9.74. The third-order valence-electron chi connectivity index (χ3n) is 4.24. The number of rotatable bonds is 8. The topological polar surface area (TPSA) is 125 Å². The lowest BCUT2D eigenvalue weighted by molar-refractivity contribution is -0.157.